The van der Waals surface area contributed by atoms with Gasteiger partial charge in [0.1, 0.15) is 16.5 Å². The standard InChI is InChI=1S/C20H15FN2OS/c1-12-6-8-13(9-7-12)15-11-25-20-18(15)19(24)22-17(23-20)10-14-4-2-3-5-16(14)21/h2-9,11H,10H2,1H3,(H,22,23,24). The minimum Gasteiger partial charge on any atom is -0.310 e. The van der Waals surface area contributed by atoms with Crippen molar-refractivity contribution in [1.82, 2.24) is 9.97 Å². The molecule has 0 saturated heterocycles. The van der Waals surface area contributed by atoms with Gasteiger partial charge in [-0.1, -0.05) is 48.0 Å². The van der Waals surface area contributed by atoms with Crippen molar-refractivity contribution in [2.45, 2.75) is 13.3 Å². The van der Waals surface area contributed by atoms with Gasteiger partial charge in [-0.3, -0.25) is 4.79 Å². The molecule has 3 nitrogen and oxygen atoms in total. The van der Waals surface area contributed by atoms with Gasteiger partial charge in [0.05, 0.1) is 5.39 Å². The molecule has 0 bridgehead atoms. The molecule has 0 aliphatic carbocycles. The topological polar surface area (TPSA) is 45.8 Å². The molecule has 4 aromatic rings. The second-order valence-electron chi connectivity index (χ2n) is 5.98. The van der Waals surface area contributed by atoms with Crippen molar-refractivity contribution in [3.63, 3.8) is 0 Å². The number of halogens is 1. The Morgan fingerprint density at radius 3 is 2.64 bits per heavy atom. The Balaban J connectivity index is 1.78. The lowest BCUT2D eigenvalue weighted by atomic mass is 10.0. The average molecular weight is 350 g/mol. The van der Waals surface area contributed by atoms with Crippen LogP contribution in [0.15, 0.2) is 58.7 Å². The van der Waals surface area contributed by atoms with Crippen molar-refractivity contribution in [1.29, 1.82) is 0 Å². The van der Waals surface area contributed by atoms with Gasteiger partial charge in [-0.15, -0.1) is 11.3 Å². The largest absolute Gasteiger partial charge is 0.310 e. The van der Waals surface area contributed by atoms with Crippen LogP contribution in [0, 0.1) is 12.7 Å². The number of benzene rings is 2. The minimum absolute atomic E-state index is 0.187. The number of aryl methyl sites for hydroxylation is 1. The smallest absolute Gasteiger partial charge is 0.260 e. The summed E-state index contributed by atoms with van der Waals surface area (Å²) in [6.07, 6.45) is 0.260. The van der Waals surface area contributed by atoms with Crippen LogP contribution in [0.1, 0.15) is 17.0 Å². The van der Waals surface area contributed by atoms with E-state index in [0.29, 0.717) is 21.6 Å². The van der Waals surface area contributed by atoms with Gasteiger partial charge in [-0.05, 0) is 24.1 Å². The highest BCUT2D eigenvalue weighted by Crippen LogP contribution is 2.31. The highest BCUT2D eigenvalue weighted by atomic mass is 32.1. The molecule has 25 heavy (non-hydrogen) atoms. The van der Waals surface area contributed by atoms with Crippen molar-refractivity contribution in [2.24, 2.45) is 0 Å². The minimum atomic E-state index is -0.295. The van der Waals surface area contributed by atoms with Crippen LogP contribution < -0.4 is 5.56 Å². The first kappa shape index (κ1) is 15.7. The molecular formula is C20H15FN2OS. The second kappa shape index (κ2) is 6.26. The summed E-state index contributed by atoms with van der Waals surface area (Å²) in [5.74, 6) is 0.177. The van der Waals surface area contributed by atoms with E-state index in [1.54, 1.807) is 18.2 Å². The molecule has 0 amide bonds. The second-order valence-corrected chi connectivity index (χ2v) is 6.83. The van der Waals surface area contributed by atoms with Gasteiger partial charge < -0.3 is 4.98 Å². The maximum Gasteiger partial charge on any atom is 0.260 e. The fraction of sp³-hybridized carbons (Fsp3) is 0.100. The number of aromatic amines is 1. The number of nitrogens with one attached hydrogen (secondary N) is 1. The molecule has 0 unspecified atom stereocenters. The Hall–Kier alpha value is -2.79. The maximum absolute atomic E-state index is 13.8. The van der Waals surface area contributed by atoms with Gasteiger partial charge in [0.15, 0.2) is 0 Å². The third-order valence-corrected chi connectivity index (χ3v) is 5.04. The molecule has 1 N–H and O–H groups in total. The molecule has 0 aliphatic rings. The molecule has 0 spiro atoms. The van der Waals surface area contributed by atoms with Crippen LogP contribution in [0.3, 0.4) is 0 Å². The Morgan fingerprint density at radius 2 is 1.88 bits per heavy atom. The van der Waals surface area contributed by atoms with Gasteiger partial charge in [-0.2, -0.15) is 0 Å². The first-order valence-corrected chi connectivity index (χ1v) is 8.80. The first-order chi connectivity index (χ1) is 12.1. The summed E-state index contributed by atoms with van der Waals surface area (Å²) in [6, 6.07) is 14.6. The molecule has 0 aliphatic heterocycles. The molecule has 2 heterocycles. The number of fused-ring (bicyclic) bond motifs is 1. The van der Waals surface area contributed by atoms with Crippen LogP contribution in [0.2, 0.25) is 0 Å². The van der Waals surface area contributed by atoms with E-state index in [4.69, 9.17) is 0 Å². The van der Waals surface area contributed by atoms with Crippen molar-refractivity contribution in [3.8, 4) is 11.1 Å². The molecule has 2 aromatic heterocycles. The van der Waals surface area contributed by atoms with Crippen LogP contribution >= 0.6 is 11.3 Å². The predicted molar refractivity (Wildman–Crippen MR) is 99.6 cm³/mol. The molecule has 0 saturated carbocycles. The monoisotopic (exact) mass is 350 g/mol. The van der Waals surface area contributed by atoms with Crippen LogP contribution in [-0.4, -0.2) is 9.97 Å². The van der Waals surface area contributed by atoms with E-state index in [0.717, 1.165) is 11.1 Å². The van der Waals surface area contributed by atoms with Gasteiger partial charge in [0, 0.05) is 17.4 Å². The lowest BCUT2D eigenvalue weighted by molar-refractivity contribution is 0.612. The molecular weight excluding hydrogens is 335 g/mol. The fourth-order valence-corrected chi connectivity index (χ4v) is 3.81. The van der Waals surface area contributed by atoms with E-state index < -0.39 is 0 Å². The summed E-state index contributed by atoms with van der Waals surface area (Å²) in [6.45, 7) is 2.03. The fourth-order valence-electron chi connectivity index (χ4n) is 2.84. The Bertz CT molecular complexity index is 1110. The highest BCUT2D eigenvalue weighted by molar-refractivity contribution is 7.17. The summed E-state index contributed by atoms with van der Waals surface area (Å²) in [4.78, 5) is 20.6. The lowest BCUT2D eigenvalue weighted by Gasteiger charge is -2.04. The van der Waals surface area contributed by atoms with E-state index in [1.165, 1.54) is 23.0 Å². The Labute approximate surface area is 147 Å². The maximum atomic E-state index is 13.8. The summed E-state index contributed by atoms with van der Waals surface area (Å²) >= 11 is 1.43. The van der Waals surface area contributed by atoms with Crippen molar-refractivity contribution in [2.75, 3.05) is 0 Å². The zero-order valence-corrected chi connectivity index (χ0v) is 14.4. The zero-order chi connectivity index (χ0) is 17.4. The van der Waals surface area contributed by atoms with Crippen LogP contribution in [0.25, 0.3) is 21.3 Å². The van der Waals surface area contributed by atoms with E-state index >= 15 is 0 Å². The summed E-state index contributed by atoms with van der Waals surface area (Å²) in [5, 5.41) is 2.54. The number of nitrogens with zero attached hydrogens (tertiary/aromatic N) is 1. The summed E-state index contributed by atoms with van der Waals surface area (Å²) < 4.78 is 13.8. The number of hydrogen-bond donors (Lipinski definition) is 1. The molecule has 5 heteroatoms. The molecule has 0 fully saturated rings. The normalized spacial score (nSPS) is 11.1. The SMILES string of the molecule is Cc1ccc(-c2csc3nc(Cc4ccccc4F)[nH]c(=O)c23)cc1. The van der Waals surface area contributed by atoms with Gasteiger partial charge >= 0.3 is 0 Å². The molecule has 4 rings (SSSR count). The first-order valence-electron chi connectivity index (χ1n) is 7.92. The molecule has 0 atom stereocenters. The van der Waals surface area contributed by atoms with Crippen molar-refractivity contribution >= 4 is 21.6 Å². The third kappa shape index (κ3) is 2.98. The number of hydrogen-bond acceptors (Lipinski definition) is 3. The summed E-state index contributed by atoms with van der Waals surface area (Å²) in [5.41, 5.74) is 3.37. The van der Waals surface area contributed by atoms with Gasteiger partial charge in [-0.25, -0.2) is 9.37 Å². The summed E-state index contributed by atoms with van der Waals surface area (Å²) in [7, 11) is 0. The van der Waals surface area contributed by atoms with E-state index in [1.807, 2.05) is 36.6 Å². The van der Waals surface area contributed by atoms with E-state index in [-0.39, 0.29) is 17.8 Å². The number of thiophene rings is 1. The number of aromatic nitrogens is 2. The third-order valence-electron chi connectivity index (χ3n) is 4.17. The highest BCUT2D eigenvalue weighted by Gasteiger charge is 2.13. The van der Waals surface area contributed by atoms with E-state index in [2.05, 4.69) is 9.97 Å². The Kier molecular flexibility index (Phi) is 3.93. The Morgan fingerprint density at radius 1 is 1.12 bits per heavy atom. The predicted octanol–water partition coefficient (Wildman–Crippen LogP) is 4.69. The zero-order valence-electron chi connectivity index (χ0n) is 13.5. The average Bonchev–Trinajstić information content (AvgIpc) is 3.02. The molecule has 0 radical (unpaired) electrons. The van der Waals surface area contributed by atoms with Gasteiger partial charge in [0.2, 0.25) is 0 Å². The van der Waals surface area contributed by atoms with Crippen molar-refractivity contribution < 1.29 is 4.39 Å². The number of rotatable bonds is 3. The van der Waals surface area contributed by atoms with Crippen LogP contribution in [-0.2, 0) is 6.42 Å². The molecule has 124 valence electrons. The van der Waals surface area contributed by atoms with Crippen molar-refractivity contribution in [3.05, 3.63) is 87.0 Å². The lowest BCUT2D eigenvalue weighted by Crippen LogP contribution is -2.12. The number of H-pyrrole nitrogens is 1. The van der Waals surface area contributed by atoms with Crippen LogP contribution in [0.4, 0.5) is 4.39 Å². The quantitative estimate of drug-likeness (QED) is 0.583. The van der Waals surface area contributed by atoms with Gasteiger partial charge in [0.25, 0.3) is 5.56 Å². The van der Waals surface area contributed by atoms with E-state index in [9.17, 15) is 9.18 Å². The van der Waals surface area contributed by atoms with Crippen LogP contribution in [0.5, 0.6) is 0 Å². The molecule has 2 aromatic carbocycles.